The van der Waals surface area contributed by atoms with Crippen molar-refractivity contribution in [3.63, 3.8) is 0 Å². The molecule has 14 heteroatoms. The van der Waals surface area contributed by atoms with Crippen molar-refractivity contribution in [2.75, 3.05) is 0 Å². The zero-order chi connectivity index (χ0) is 28.0. The standard InChI is InChI=1S/C24H19F3N6O4S/c1-3-18-20(21-19(38(29,36)37)13-30-33(21)16-9-7-14(12-28)8-10-16)22(34)31(2)23(35)32(18)17-6-4-5-15(11-17)24(25,26)27/h4-11,13H,3H2,1-2H3,(H2,29,36,37). The van der Waals surface area contributed by atoms with Crippen LogP contribution in [0.1, 0.15) is 23.7 Å². The van der Waals surface area contributed by atoms with Crippen molar-refractivity contribution in [1.29, 1.82) is 5.26 Å². The van der Waals surface area contributed by atoms with Gasteiger partial charge in [0.25, 0.3) is 5.56 Å². The maximum atomic E-state index is 13.5. The third-order valence-corrected chi connectivity index (χ3v) is 6.75. The molecule has 10 nitrogen and oxygen atoms in total. The van der Waals surface area contributed by atoms with E-state index >= 15 is 0 Å². The second kappa shape index (κ2) is 9.43. The van der Waals surface area contributed by atoms with Crippen molar-refractivity contribution < 1.29 is 21.6 Å². The number of nitrogens with zero attached hydrogens (tertiary/aromatic N) is 5. The normalized spacial score (nSPS) is 11.9. The number of aromatic nitrogens is 4. The molecule has 2 aromatic carbocycles. The summed E-state index contributed by atoms with van der Waals surface area (Å²) in [5.41, 5.74) is -3.11. The monoisotopic (exact) mass is 544 g/mol. The van der Waals surface area contributed by atoms with Crippen molar-refractivity contribution in [3.8, 4) is 28.7 Å². The van der Waals surface area contributed by atoms with Gasteiger partial charge in [0.15, 0.2) is 0 Å². The fraction of sp³-hybridized carbons (Fsp3) is 0.167. The smallest absolute Gasteiger partial charge is 0.268 e. The zero-order valence-electron chi connectivity index (χ0n) is 19.9. The lowest BCUT2D eigenvalue weighted by molar-refractivity contribution is -0.137. The molecule has 38 heavy (non-hydrogen) atoms. The van der Waals surface area contributed by atoms with Gasteiger partial charge in [-0.1, -0.05) is 13.0 Å². The van der Waals surface area contributed by atoms with Crippen LogP contribution in [-0.4, -0.2) is 27.3 Å². The van der Waals surface area contributed by atoms with Crippen LogP contribution in [0.25, 0.3) is 22.6 Å². The molecule has 2 heterocycles. The Labute approximate surface area is 213 Å². The van der Waals surface area contributed by atoms with E-state index in [1.54, 1.807) is 6.92 Å². The second-order valence-corrected chi connectivity index (χ2v) is 9.71. The Kier molecular flexibility index (Phi) is 6.60. The van der Waals surface area contributed by atoms with Crippen LogP contribution >= 0.6 is 0 Å². The fourth-order valence-corrected chi connectivity index (χ4v) is 4.71. The molecular formula is C24H19F3N6O4S. The van der Waals surface area contributed by atoms with Gasteiger partial charge in [-0.2, -0.15) is 23.5 Å². The van der Waals surface area contributed by atoms with E-state index < -0.39 is 37.9 Å². The summed E-state index contributed by atoms with van der Waals surface area (Å²) >= 11 is 0. The molecule has 0 spiro atoms. The van der Waals surface area contributed by atoms with E-state index in [4.69, 9.17) is 10.4 Å². The van der Waals surface area contributed by atoms with Crippen LogP contribution in [0.15, 0.2) is 69.2 Å². The zero-order valence-corrected chi connectivity index (χ0v) is 20.7. The molecule has 4 aromatic rings. The topological polar surface area (TPSA) is 146 Å². The van der Waals surface area contributed by atoms with Crippen molar-refractivity contribution in [3.05, 3.63) is 92.4 Å². The predicted molar refractivity (Wildman–Crippen MR) is 130 cm³/mol. The lowest BCUT2D eigenvalue weighted by Gasteiger charge is -2.19. The van der Waals surface area contributed by atoms with E-state index in [9.17, 15) is 31.2 Å². The number of alkyl halides is 3. The van der Waals surface area contributed by atoms with Gasteiger partial charge in [-0.25, -0.2) is 23.0 Å². The molecule has 0 bridgehead atoms. The summed E-state index contributed by atoms with van der Waals surface area (Å²) in [4.78, 5) is 26.2. The third-order valence-electron chi connectivity index (χ3n) is 5.84. The number of hydrogen-bond acceptors (Lipinski definition) is 6. The van der Waals surface area contributed by atoms with Gasteiger partial charge in [0.1, 0.15) is 10.6 Å². The van der Waals surface area contributed by atoms with Gasteiger partial charge in [-0.05, 0) is 48.9 Å². The summed E-state index contributed by atoms with van der Waals surface area (Å²) in [6, 6.07) is 11.7. The highest BCUT2D eigenvalue weighted by Gasteiger charge is 2.32. The van der Waals surface area contributed by atoms with Crippen LogP contribution in [-0.2, 0) is 29.7 Å². The maximum absolute atomic E-state index is 13.5. The summed E-state index contributed by atoms with van der Waals surface area (Å²) in [7, 11) is -3.35. The quantitative estimate of drug-likeness (QED) is 0.409. The van der Waals surface area contributed by atoms with Crippen LogP contribution in [0.5, 0.6) is 0 Å². The minimum atomic E-state index is -4.70. The molecule has 196 valence electrons. The first-order valence-electron chi connectivity index (χ1n) is 10.9. The molecule has 0 atom stereocenters. The molecule has 0 unspecified atom stereocenters. The van der Waals surface area contributed by atoms with Gasteiger partial charge >= 0.3 is 11.9 Å². The minimum Gasteiger partial charge on any atom is -0.268 e. The van der Waals surface area contributed by atoms with Crippen LogP contribution in [0.2, 0.25) is 0 Å². The predicted octanol–water partition coefficient (Wildman–Crippen LogP) is 2.49. The van der Waals surface area contributed by atoms with E-state index in [1.165, 1.54) is 30.3 Å². The Balaban J connectivity index is 2.16. The maximum Gasteiger partial charge on any atom is 0.416 e. The Hall–Kier alpha value is -4.48. The molecule has 0 aliphatic rings. The van der Waals surface area contributed by atoms with Gasteiger partial charge in [-0.15, -0.1) is 0 Å². The number of halogens is 3. The van der Waals surface area contributed by atoms with Crippen LogP contribution in [0.4, 0.5) is 13.2 Å². The molecule has 0 aliphatic heterocycles. The lowest BCUT2D eigenvalue weighted by atomic mass is 10.1. The first-order valence-corrected chi connectivity index (χ1v) is 12.5. The Bertz CT molecular complexity index is 1830. The first kappa shape index (κ1) is 26.6. The SMILES string of the molecule is CCc1c(-c2c(S(N)(=O)=O)cnn2-c2ccc(C#N)cc2)c(=O)n(C)c(=O)n1-c1cccc(C(F)(F)F)c1. The van der Waals surface area contributed by atoms with Gasteiger partial charge in [0.05, 0.1) is 40.3 Å². The number of benzene rings is 2. The van der Waals surface area contributed by atoms with Crippen LogP contribution < -0.4 is 16.4 Å². The Morgan fingerprint density at radius 3 is 2.29 bits per heavy atom. The van der Waals surface area contributed by atoms with E-state index in [1.807, 2.05) is 6.07 Å². The molecule has 2 N–H and O–H groups in total. The Morgan fingerprint density at radius 1 is 1.08 bits per heavy atom. The van der Waals surface area contributed by atoms with Gasteiger partial charge in [-0.3, -0.25) is 13.9 Å². The van der Waals surface area contributed by atoms with Gasteiger partial charge in [0.2, 0.25) is 10.0 Å². The molecule has 2 aromatic heterocycles. The number of primary sulfonamides is 1. The highest BCUT2D eigenvalue weighted by atomic mass is 32.2. The van der Waals surface area contributed by atoms with Crippen molar-refractivity contribution in [1.82, 2.24) is 18.9 Å². The number of rotatable bonds is 5. The lowest BCUT2D eigenvalue weighted by Crippen LogP contribution is -2.40. The first-order chi connectivity index (χ1) is 17.8. The molecule has 0 saturated heterocycles. The number of nitriles is 1. The molecule has 0 radical (unpaired) electrons. The molecule has 0 fully saturated rings. The number of nitrogens with two attached hydrogens (primary N) is 1. The average Bonchev–Trinajstić information content (AvgIpc) is 3.32. The summed E-state index contributed by atoms with van der Waals surface area (Å²) in [5.74, 6) is 0. The minimum absolute atomic E-state index is 0.0560. The van der Waals surface area contributed by atoms with E-state index in [2.05, 4.69) is 5.10 Å². The van der Waals surface area contributed by atoms with Gasteiger partial charge in [0, 0.05) is 12.7 Å². The van der Waals surface area contributed by atoms with Crippen LogP contribution in [0, 0.1) is 11.3 Å². The van der Waals surface area contributed by atoms with E-state index in [0.717, 1.165) is 40.7 Å². The average molecular weight is 545 g/mol. The molecular weight excluding hydrogens is 525 g/mol. The van der Waals surface area contributed by atoms with Crippen molar-refractivity contribution in [2.24, 2.45) is 12.2 Å². The fourth-order valence-electron chi connectivity index (χ4n) is 4.06. The van der Waals surface area contributed by atoms with E-state index in [0.29, 0.717) is 10.1 Å². The highest BCUT2D eigenvalue weighted by molar-refractivity contribution is 7.89. The molecule has 0 amide bonds. The Morgan fingerprint density at radius 2 is 1.74 bits per heavy atom. The molecule has 4 rings (SSSR count). The number of sulfonamides is 1. The van der Waals surface area contributed by atoms with Gasteiger partial charge < -0.3 is 0 Å². The van der Waals surface area contributed by atoms with Crippen molar-refractivity contribution in [2.45, 2.75) is 24.4 Å². The largest absolute Gasteiger partial charge is 0.416 e. The summed E-state index contributed by atoms with van der Waals surface area (Å²) in [6.45, 7) is 1.56. The summed E-state index contributed by atoms with van der Waals surface area (Å²) in [5, 5.41) is 18.6. The summed E-state index contributed by atoms with van der Waals surface area (Å²) < 4.78 is 68.1. The second-order valence-electron chi connectivity index (χ2n) is 8.18. The van der Waals surface area contributed by atoms with Crippen molar-refractivity contribution >= 4 is 10.0 Å². The third kappa shape index (κ3) is 4.53. The molecule has 0 aliphatic carbocycles. The van der Waals surface area contributed by atoms with E-state index in [-0.39, 0.29) is 34.7 Å². The van der Waals surface area contributed by atoms with Crippen LogP contribution in [0.3, 0.4) is 0 Å². The summed E-state index contributed by atoms with van der Waals surface area (Å²) in [6.07, 6.45) is -3.83. The number of hydrogen-bond donors (Lipinski definition) is 1. The molecule has 0 saturated carbocycles. The highest BCUT2D eigenvalue weighted by Crippen LogP contribution is 2.33.